The van der Waals surface area contributed by atoms with E-state index in [2.05, 4.69) is 0 Å². The van der Waals surface area contributed by atoms with E-state index in [0.29, 0.717) is 5.92 Å². The van der Waals surface area contributed by atoms with Crippen LogP contribution in [0.15, 0.2) is 48.5 Å². The lowest BCUT2D eigenvalue weighted by Gasteiger charge is -2.28. The molecule has 0 unspecified atom stereocenters. The SMILES string of the molecule is O=C(O)c1ccc2c(c1)c(C1CCCCC1)c(-c1ccccc1)n2CC(=O)N1CCS(=O)(=O)CC1. The molecule has 1 saturated heterocycles. The van der Waals surface area contributed by atoms with E-state index in [1.54, 1.807) is 17.0 Å². The smallest absolute Gasteiger partial charge is 0.335 e. The zero-order valence-corrected chi connectivity index (χ0v) is 20.5. The molecule has 184 valence electrons. The number of aromatic nitrogens is 1. The molecule has 1 aliphatic carbocycles. The summed E-state index contributed by atoms with van der Waals surface area (Å²) in [6.45, 7) is 0.499. The Morgan fingerprint density at radius 1 is 0.943 bits per heavy atom. The fraction of sp³-hybridized carbons (Fsp3) is 0.407. The molecule has 0 radical (unpaired) electrons. The van der Waals surface area contributed by atoms with Gasteiger partial charge in [0.05, 0.1) is 22.8 Å². The van der Waals surface area contributed by atoms with Gasteiger partial charge in [-0.2, -0.15) is 0 Å². The van der Waals surface area contributed by atoms with Gasteiger partial charge in [-0.1, -0.05) is 49.6 Å². The molecule has 0 bridgehead atoms. The van der Waals surface area contributed by atoms with Gasteiger partial charge in [-0.15, -0.1) is 0 Å². The van der Waals surface area contributed by atoms with Crippen LogP contribution in [0.4, 0.5) is 0 Å². The van der Waals surface area contributed by atoms with E-state index in [4.69, 9.17) is 0 Å². The second-order valence-corrected chi connectivity index (χ2v) is 11.9. The van der Waals surface area contributed by atoms with Crippen molar-refractivity contribution in [2.24, 2.45) is 0 Å². The van der Waals surface area contributed by atoms with Crippen molar-refractivity contribution in [2.45, 2.75) is 44.6 Å². The van der Waals surface area contributed by atoms with Gasteiger partial charge in [-0.25, -0.2) is 13.2 Å². The van der Waals surface area contributed by atoms with Gasteiger partial charge in [0.25, 0.3) is 0 Å². The Hall–Kier alpha value is -3.13. The van der Waals surface area contributed by atoms with E-state index in [-0.39, 0.29) is 42.6 Å². The van der Waals surface area contributed by atoms with Gasteiger partial charge >= 0.3 is 5.97 Å². The summed E-state index contributed by atoms with van der Waals surface area (Å²) < 4.78 is 25.7. The van der Waals surface area contributed by atoms with Gasteiger partial charge in [0.2, 0.25) is 5.91 Å². The molecule has 5 rings (SSSR count). The molecule has 1 aromatic heterocycles. The Kier molecular flexibility index (Phi) is 6.40. The molecule has 2 aliphatic rings. The van der Waals surface area contributed by atoms with Crippen LogP contribution in [0.25, 0.3) is 22.2 Å². The van der Waals surface area contributed by atoms with Gasteiger partial charge in [0.15, 0.2) is 9.84 Å². The lowest BCUT2D eigenvalue weighted by Crippen LogP contribution is -2.45. The highest BCUT2D eigenvalue weighted by Crippen LogP contribution is 2.44. The molecule has 2 aromatic carbocycles. The highest BCUT2D eigenvalue weighted by Gasteiger charge is 2.30. The maximum atomic E-state index is 13.4. The van der Waals surface area contributed by atoms with Crippen molar-refractivity contribution in [1.29, 1.82) is 0 Å². The van der Waals surface area contributed by atoms with Crippen LogP contribution >= 0.6 is 0 Å². The minimum atomic E-state index is -3.09. The van der Waals surface area contributed by atoms with Gasteiger partial charge < -0.3 is 14.6 Å². The molecule has 2 heterocycles. The molecule has 1 N–H and O–H groups in total. The standard InChI is InChI=1S/C27H30N2O5S/c30-24(28-13-15-35(33,34)16-14-28)18-29-23-12-11-21(27(31)32)17-22(23)25(19-7-3-1-4-8-19)26(29)20-9-5-2-6-10-20/h2,5-6,9-12,17,19H,1,3-4,7-8,13-16,18H2,(H,31,32). The van der Waals surface area contributed by atoms with Crippen LogP contribution in [0.5, 0.6) is 0 Å². The van der Waals surface area contributed by atoms with Crippen LogP contribution < -0.4 is 0 Å². The fourth-order valence-electron chi connectivity index (χ4n) is 5.59. The van der Waals surface area contributed by atoms with Crippen molar-refractivity contribution >= 4 is 32.6 Å². The number of sulfone groups is 1. The summed E-state index contributed by atoms with van der Waals surface area (Å²) in [7, 11) is -3.09. The highest BCUT2D eigenvalue weighted by molar-refractivity contribution is 7.91. The first-order chi connectivity index (χ1) is 16.8. The van der Waals surface area contributed by atoms with Gasteiger partial charge in [-0.05, 0) is 48.1 Å². The van der Waals surface area contributed by atoms with Crippen molar-refractivity contribution in [3.63, 3.8) is 0 Å². The number of hydrogen-bond acceptors (Lipinski definition) is 4. The molecular formula is C27H30N2O5S. The Morgan fingerprint density at radius 3 is 2.29 bits per heavy atom. The average molecular weight is 495 g/mol. The van der Waals surface area contributed by atoms with E-state index >= 15 is 0 Å². The number of hydrogen-bond donors (Lipinski definition) is 1. The van der Waals surface area contributed by atoms with Crippen LogP contribution in [0.2, 0.25) is 0 Å². The van der Waals surface area contributed by atoms with Crippen molar-refractivity contribution in [2.75, 3.05) is 24.6 Å². The second kappa shape index (κ2) is 9.49. The molecule has 1 saturated carbocycles. The third kappa shape index (κ3) is 4.72. The minimum Gasteiger partial charge on any atom is -0.478 e. The van der Waals surface area contributed by atoms with E-state index in [9.17, 15) is 23.1 Å². The highest BCUT2D eigenvalue weighted by atomic mass is 32.2. The van der Waals surface area contributed by atoms with Crippen LogP contribution in [-0.2, 0) is 21.2 Å². The summed E-state index contributed by atoms with van der Waals surface area (Å²) in [5.74, 6) is -0.813. The zero-order chi connectivity index (χ0) is 24.6. The predicted molar refractivity (Wildman–Crippen MR) is 135 cm³/mol. The summed E-state index contributed by atoms with van der Waals surface area (Å²) >= 11 is 0. The molecule has 3 aromatic rings. The number of carboxylic acid groups (broad SMARTS) is 1. The van der Waals surface area contributed by atoms with Gasteiger partial charge in [-0.3, -0.25) is 4.79 Å². The Balaban J connectivity index is 1.67. The third-order valence-electron chi connectivity index (χ3n) is 7.40. The quantitative estimate of drug-likeness (QED) is 0.570. The fourth-order valence-corrected chi connectivity index (χ4v) is 6.79. The van der Waals surface area contributed by atoms with E-state index < -0.39 is 15.8 Å². The topological polar surface area (TPSA) is 96.7 Å². The monoisotopic (exact) mass is 494 g/mol. The largest absolute Gasteiger partial charge is 0.478 e. The first-order valence-corrected chi connectivity index (χ1v) is 14.1. The summed E-state index contributed by atoms with van der Waals surface area (Å²) in [5, 5.41) is 10.6. The molecular weight excluding hydrogens is 464 g/mol. The number of fused-ring (bicyclic) bond motifs is 1. The van der Waals surface area contributed by atoms with Crippen LogP contribution in [0, 0.1) is 0 Å². The molecule has 1 amide bonds. The summed E-state index contributed by atoms with van der Waals surface area (Å²) in [5.41, 5.74) is 4.16. The van der Waals surface area contributed by atoms with E-state index in [1.165, 1.54) is 6.42 Å². The first-order valence-electron chi connectivity index (χ1n) is 12.3. The van der Waals surface area contributed by atoms with E-state index in [1.807, 2.05) is 41.0 Å². The number of carbonyl (C=O) groups excluding carboxylic acids is 1. The van der Waals surface area contributed by atoms with Crippen molar-refractivity contribution in [1.82, 2.24) is 9.47 Å². The van der Waals surface area contributed by atoms with Crippen LogP contribution in [-0.4, -0.2) is 59.5 Å². The normalized spacial score (nSPS) is 18.6. The summed E-state index contributed by atoms with van der Waals surface area (Å²) in [6, 6.07) is 15.1. The maximum absolute atomic E-state index is 13.4. The van der Waals surface area contributed by atoms with Crippen molar-refractivity contribution in [3.8, 4) is 11.3 Å². The van der Waals surface area contributed by atoms with Gasteiger partial charge in [0.1, 0.15) is 6.54 Å². The number of carbonyl (C=O) groups is 2. The molecule has 0 atom stereocenters. The number of aromatic carboxylic acids is 1. The minimum absolute atomic E-state index is 0.00793. The Bertz CT molecular complexity index is 1360. The van der Waals surface area contributed by atoms with Crippen LogP contribution in [0.1, 0.15) is 53.9 Å². The molecule has 0 spiro atoms. The molecule has 35 heavy (non-hydrogen) atoms. The first kappa shape index (κ1) is 23.6. The lowest BCUT2D eigenvalue weighted by molar-refractivity contribution is -0.131. The number of nitrogens with zero attached hydrogens (tertiary/aromatic N) is 2. The zero-order valence-electron chi connectivity index (χ0n) is 19.7. The Labute approximate surface area is 205 Å². The number of carboxylic acids is 1. The average Bonchev–Trinajstić information content (AvgIpc) is 3.18. The number of benzene rings is 2. The number of amides is 1. The molecule has 1 aliphatic heterocycles. The lowest BCUT2D eigenvalue weighted by atomic mass is 9.81. The Morgan fingerprint density at radius 2 is 1.63 bits per heavy atom. The van der Waals surface area contributed by atoms with Gasteiger partial charge in [0, 0.05) is 24.0 Å². The predicted octanol–water partition coefficient (Wildman–Crippen LogP) is 4.31. The molecule has 8 heteroatoms. The third-order valence-corrected chi connectivity index (χ3v) is 9.01. The summed E-state index contributed by atoms with van der Waals surface area (Å²) in [4.78, 5) is 26.8. The maximum Gasteiger partial charge on any atom is 0.335 e. The van der Waals surface area contributed by atoms with Crippen molar-refractivity contribution < 1.29 is 23.1 Å². The van der Waals surface area contributed by atoms with Crippen molar-refractivity contribution in [3.05, 3.63) is 59.7 Å². The van der Waals surface area contributed by atoms with Crippen LogP contribution in [0.3, 0.4) is 0 Å². The molecule has 2 fully saturated rings. The summed E-state index contributed by atoms with van der Waals surface area (Å²) in [6.07, 6.45) is 5.53. The molecule has 7 nitrogen and oxygen atoms in total. The second-order valence-electron chi connectivity index (χ2n) is 9.62. The van der Waals surface area contributed by atoms with E-state index in [0.717, 1.165) is 53.4 Å². The number of rotatable bonds is 5.